The summed E-state index contributed by atoms with van der Waals surface area (Å²) in [5, 5.41) is 10.3. The van der Waals surface area contributed by atoms with Gasteiger partial charge in [0.1, 0.15) is 0 Å². The Hall–Kier alpha value is -6.18. The molecule has 1 nitrogen and oxygen atoms in total. The molecule has 0 bridgehead atoms. The fourth-order valence-electron chi connectivity index (χ4n) is 9.44. The van der Waals surface area contributed by atoms with Crippen LogP contribution in [0, 0.1) is 0 Å². The third-order valence-electron chi connectivity index (χ3n) is 12.5. The molecule has 0 amide bonds. The minimum Gasteiger partial charge on any atom is -0.309 e. The molecule has 0 atom stereocenters. The van der Waals surface area contributed by atoms with Crippen LogP contribution in [0.25, 0.3) is 65.3 Å². The Labute approximate surface area is 324 Å². The lowest BCUT2D eigenvalue weighted by molar-refractivity contribution is 0.332. The van der Waals surface area contributed by atoms with Gasteiger partial charge in [0.05, 0.1) is 11.4 Å². The van der Waals surface area contributed by atoms with Gasteiger partial charge in [0.25, 0.3) is 0 Å². The van der Waals surface area contributed by atoms with Crippen molar-refractivity contribution in [1.82, 2.24) is 0 Å². The van der Waals surface area contributed by atoms with Crippen molar-refractivity contribution in [2.24, 2.45) is 0 Å². The smallest absolute Gasteiger partial charge is 0.0540 e. The molecule has 0 unspecified atom stereocenters. The van der Waals surface area contributed by atoms with Crippen LogP contribution in [0.2, 0.25) is 0 Å². The zero-order valence-corrected chi connectivity index (χ0v) is 32.1. The Morgan fingerprint density at radius 2 is 0.855 bits per heavy atom. The number of para-hydroxylation sites is 3. The summed E-state index contributed by atoms with van der Waals surface area (Å²) < 4.78 is 0. The lowest BCUT2D eigenvalue weighted by Gasteiger charge is -2.42. The average molecular weight is 708 g/mol. The first-order valence-electron chi connectivity index (χ1n) is 19.7. The van der Waals surface area contributed by atoms with E-state index in [4.69, 9.17) is 0 Å². The summed E-state index contributed by atoms with van der Waals surface area (Å²) in [4.78, 5) is 2.47. The molecule has 1 aliphatic carbocycles. The van der Waals surface area contributed by atoms with Crippen LogP contribution in [-0.4, -0.2) is 0 Å². The second kappa shape index (κ2) is 12.7. The molecule has 0 aromatic heterocycles. The van der Waals surface area contributed by atoms with E-state index in [9.17, 15) is 0 Å². The fraction of sp³-hybridized carbons (Fsp3) is 0.148. The summed E-state index contributed by atoms with van der Waals surface area (Å²) in [5.41, 5.74) is 11.6. The fourth-order valence-corrected chi connectivity index (χ4v) is 9.44. The van der Waals surface area contributed by atoms with Gasteiger partial charge in [-0.15, -0.1) is 0 Å². The number of benzene rings is 9. The van der Waals surface area contributed by atoms with E-state index in [2.05, 4.69) is 209 Å². The first-order valence-corrected chi connectivity index (χ1v) is 19.7. The highest BCUT2D eigenvalue weighted by molar-refractivity contribution is 6.25. The van der Waals surface area contributed by atoms with E-state index < -0.39 is 0 Å². The summed E-state index contributed by atoms with van der Waals surface area (Å²) in [6.07, 6.45) is 2.40. The van der Waals surface area contributed by atoms with Gasteiger partial charge < -0.3 is 4.90 Å². The maximum Gasteiger partial charge on any atom is 0.0540 e. The van der Waals surface area contributed by atoms with Gasteiger partial charge in [-0.3, -0.25) is 0 Å². The summed E-state index contributed by atoms with van der Waals surface area (Å²) in [6, 6.07) is 65.4. The molecule has 0 radical (unpaired) electrons. The summed E-state index contributed by atoms with van der Waals surface area (Å²) in [6.45, 7) is 9.69. The number of nitrogens with zero attached hydrogens (tertiary/aromatic N) is 1. The minimum atomic E-state index is 0.123. The van der Waals surface area contributed by atoms with Gasteiger partial charge in [-0.05, 0) is 125 Å². The Morgan fingerprint density at radius 3 is 1.51 bits per heavy atom. The highest BCUT2D eigenvalue weighted by Crippen LogP contribution is 2.50. The maximum absolute atomic E-state index is 2.53. The predicted octanol–water partition coefficient (Wildman–Crippen LogP) is 15.5. The second-order valence-electron chi connectivity index (χ2n) is 16.7. The molecule has 0 heterocycles. The molecule has 266 valence electrons. The first-order chi connectivity index (χ1) is 26.8. The molecule has 0 fully saturated rings. The van der Waals surface area contributed by atoms with Crippen LogP contribution in [0.15, 0.2) is 176 Å². The number of anilines is 3. The molecule has 0 N–H and O–H groups in total. The molecule has 9 aromatic rings. The van der Waals surface area contributed by atoms with E-state index in [1.807, 2.05) is 0 Å². The normalized spacial score (nSPS) is 14.7. The van der Waals surface area contributed by atoms with Gasteiger partial charge in [0, 0.05) is 16.8 Å². The molecule has 9 aromatic carbocycles. The monoisotopic (exact) mass is 707 g/mol. The maximum atomic E-state index is 2.53. The van der Waals surface area contributed by atoms with Crippen molar-refractivity contribution in [2.45, 2.75) is 51.4 Å². The summed E-state index contributed by atoms with van der Waals surface area (Å²) in [5.74, 6) is 0. The highest BCUT2D eigenvalue weighted by Gasteiger charge is 2.37. The SMILES string of the molecule is CC1(C)CCC(C)(C)c2cc3c(-c4ccccc4N(c4ccccc4)c4ccccc4-c4ccc5c6ccccc6c6ccccc6c5c4)cccc3cc21. The van der Waals surface area contributed by atoms with Crippen molar-refractivity contribution in [2.75, 3.05) is 4.90 Å². The lowest BCUT2D eigenvalue weighted by atomic mass is 9.62. The topological polar surface area (TPSA) is 3.24 Å². The Bertz CT molecular complexity index is 2900. The number of rotatable bonds is 5. The number of fused-ring (bicyclic) bond motifs is 8. The second-order valence-corrected chi connectivity index (χ2v) is 16.7. The van der Waals surface area contributed by atoms with Gasteiger partial charge in [-0.1, -0.05) is 167 Å². The van der Waals surface area contributed by atoms with Crippen molar-refractivity contribution in [1.29, 1.82) is 0 Å². The standard InChI is InChI=1S/C54H45N/c1-53(2)31-32-54(3,4)50-35-47-36(34-49(50)53)17-16-26-44(47)46-25-13-15-28-52(46)55(38-18-6-5-7-19-38)51-27-14-12-20-39(51)37-29-30-45-42-23-9-8-21-40(42)41-22-10-11-24-43(41)48(45)33-37/h5-30,33-35H,31-32H2,1-4H3. The van der Waals surface area contributed by atoms with Crippen LogP contribution < -0.4 is 4.90 Å². The van der Waals surface area contributed by atoms with E-state index >= 15 is 0 Å². The molecule has 0 aliphatic heterocycles. The Kier molecular flexibility index (Phi) is 7.72. The van der Waals surface area contributed by atoms with Crippen molar-refractivity contribution < 1.29 is 0 Å². The molecular formula is C54H45N. The van der Waals surface area contributed by atoms with E-state index in [1.54, 1.807) is 0 Å². The molecule has 10 rings (SSSR count). The molecule has 1 aliphatic rings. The van der Waals surface area contributed by atoms with Crippen molar-refractivity contribution >= 4 is 60.2 Å². The van der Waals surface area contributed by atoms with E-state index in [0.29, 0.717) is 0 Å². The predicted molar refractivity (Wildman–Crippen MR) is 237 cm³/mol. The van der Waals surface area contributed by atoms with Crippen LogP contribution in [0.5, 0.6) is 0 Å². The third kappa shape index (κ3) is 5.44. The van der Waals surface area contributed by atoms with Crippen LogP contribution in [0.4, 0.5) is 17.1 Å². The average Bonchev–Trinajstić information content (AvgIpc) is 3.23. The third-order valence-corrected chi connectivity index (χ3v) is 12.5. The van der Waals surface area contributed by atoms with Gasteiger partial charge in [0.15, 0.2) is 0 Å². The zero-order chi connectivity index (χ0) is 37.3. The van der Waals surface area contributed by atoms with Crippen molar-refractivity contribution in [3.8, 4) is 22.3 Å². The Balaban J connectivity index is 1.20. The Morgan fingerprint density at radius 1 is 0.364 bits per heavy atom. The summed E-state index contributed by atoms with van der Waals surface area (Å²) in [7, 11) is 0. The minimum absolute atomic E-state index is 0.123. The van der Waals surface area contributed by atoms with Crippen LogP contribution >= 0.6 is 0 Å². The quantitative estimate of drug-likeness (QED) is 0.161. The molecule has 0 saturated carbocycles. The lowest BCUT2D eigenvalue weighted by Crippen LogP contribution is -2.33. The van der Waals surface area contributed by atoms with E-state index in [0.717, 1.165) is 17.1 Å². The van der Waals surface area contributed by atoms with Crippen molar-refractivity contribution in [3.05, 3.63) is 187 Å². The van der Waals surface area contributed by atoms with Gasteiger partial charge >= 0.3 is 0 Å². The van der Waals surface area contributed by atoms with Gasteiger partial charge in [0.2, 0.25) is 0 Å². The van der Waals surface area contributed by atoms with Crippen LogP contribution in [-0.2, 0) is 10.8 Å². The molecule has 0 saturated heterocycles. The first kappa shape index (κ1) is 33.4. The molecule has 0 spiro atoms. The van der Waals surface area contributed by atoms with Crippen molar-refractivity contribution in [3.63, 3.8) is 0 Å². The van der Waals surface area contributed by atoms with Gasteiger partial charge in [-0.2, -0.15) is 0 Å². The van der Waals surface area contributed by atoms with Crippen LogP contribution in [0.1, 0.15) is 51.7 Å². The van der Waals surface area contributed by atoms with E-state index in [1.165, 1.54) is 89.3 Å². The zero-order valence-electron chi connectivity index (χ0n) is 32.1. The molecule has 55 heavy (non-hydrogen) atoms. The number of hydrogen-bond donors (Lipinski definition) is 0. The van der Waals surface area contributed by atoms with E-state index in [-0.39, 0.29) is 10.8 Å². The molecule has 1 heteroatoms. The number of hydrogen-bond acceptors (Lipinski definition) is 1. The molecular weight excluding hydrogens is 663 g/mol. The largest absolute Gasteiger partial charge is 0.309 e. The summed E-state index contributed by atoms with van der Waals surface area (Å²) >= 11 is 0. The van der Waals surface area contributed by atoms with Gasteiger partial charge in [-0.25, -0.2) is 0 Å². The van der Waals surface area contributed by atoms with Crippen LogP contribution in [0.3, 0.4) is 0 Å². The highest BCUT2D eigenvalue weighted by atomic mass is 15.1.